The molecule has 0 atom stereocenters. The van der Waals surface area contributed by atoms with Gasteiger partial charge in [0.05, 0.1) is 10.5 Å². The third kappa shape index (κ3) is 8.51. The minimum absolute atomic E-state index is 0.125. The highest BCUT2D eigenvalue weighted by Crippen LogP contribution is 2.32. The molecule has 2 aromatic rings. The first kappa shape index (κ1) is 29.5. The number of hydrogen-bond acceptors (Lipinski definition) is 7. The number of nitrogens with one attached hydrogen (secondary N) is 1. The first-order valence-electron chi connectivity index (χ1n) is 13.0. The minimum atomic E-state index is -0.384. The minimum Gasteiger partial charge on any atom is -0.461 e. The average molecular weight is 554 g/mol. The molecule has 2 amide bonds. The Labute approximate surface area is 234 Å². The number of likely N-dealkylation sites (N-methyl/N-ethyl adjacent to an activating group) is 1. The number of thiocarbonyl (C=S) groups is 1. The van der Waals surface area contributed by atoms with Gasteiger partial charge in [-0.3, -0.25) is 14.5 Å². The number of rotatable bonds is 13. The quantitative estimate of drug-likeness (QED) is 0.203. The van der Waals surface area contributed by atoms with E-state index in [9.17, 15) is 14.4 Å². The summed E-state index contributed by atoms with van der Waals surface area (Å²) >= 11 is 6.69. The number of ether oxygens (including phenoxy) is 1. The Hall–Kier alpha value is -3.01. The zero-order valence-corrected chi connectivity index (χ0v) is 23.8. The number of aryl methyl sites for hydroxylation is 1. The van der Waals surface area contributed by atoms with Crippen LogP contribution in [0.5, 0.6) is 0 Å². The number of esters is 1. The van der Waals surface area contributed by atoms with Crippen molar-refractivity contribution in [2.45, 2.75) is 40.0 Å². The third-order valence-corrected chi connectivity index (χ3v) is 7.66. The van der Waals surface area contributed by atoms with Crippen molar-refractivity contribution in [3.05, 3.63) is 70.1 Å². The fourth-order valence-electron chi connectivity index (χ4n) is 3.90. The number of carbonyl (C=O) groups excluding carboxylic acids is 3. The Morgan fingerprint density at radius 3 is 2.37 bits per heavy atom. The molecular formula is C29H35N3O4S2. The van der Waals surface area contributed by atoms with Gasteiger partial charge in [-0.1, -0.05) is 69.0 Å². The second-order valence-electron chi connectivity index (χ2n) is 8.82. The van der Waals surface area contributed by atoms with E-state index in [4.69, 9.17) is 17.0 Å². The van der Waals surface area contributed by atoms with Crippen molar-refractivity contribution in [2.24, 2.45) is 0 Å². The molecule has 1 saturated heterocycles. The molecule has 1 N–H and O–H groups in total. The van der Waals surface area contributed by atoms with Gasteiger partial charge < -0.3 is 15.0 Å². The molecule has 1 aliphatic rings. The van der Waals surface area contributed by atoms with Gasteiger partial charge in [0.2, 0.25) is 5.91 Å². The predicted molar refractivity (Wildman–Crippen MR) is 158 cm³/mol. The van der Waals surface area contributed by atoms with Crippen molar-refractivity contribution in [3.63, 3.8) is 0 Å². The highest BCUT2D eigenvalue weighted by atomic mass is 32.2. The maximum atomic E-state index is 12.8. The fraction of sp³-hybridized carbons (Fsp3) is 0.379. The summed E-state index contributed by atoms with van der Waals surface area (Å²) in [5.74, 6) is -0.679. The zero-order valence-electron chi connectivity index (χ0n) is 22.2. The van der Waals surface area contributed by atoms with Gasteiger partial charge in [0.1, 0.15) is 10.9 Å². The molecule has 9 heteroatoms. The molecule has 38 heavy (non-hydrogen) atoms. The van der Waals surface area contributed by atoms with Crippen molar-refractivity contribution >= 4 is 57.8 Å². The molecule has 1 aliphatic heterocycles. The van der Waals surface area contributed by atoms with E-state index in [1.54, 1.807) is 29.2 Å². The highest BCUT2D eigenvalue weighted by molar-refractivity contribution is 8.26. The second-order valence-corrected chi connectivity index (χ2v) is 10.5. The largest absolute Gasteiger partial charge is 0.461 e. The molecular weight excluding hydrogens is 518 g/mol. The summed E-state index contributed by atoms with van der Waals surface area (Å²) in [6.07, 6.45) is 3.54. The van der Waals surface area contributed by atoms with E-state index < -0.39 is 0 Å². The van der Waals surface area contributed by atoms with E-state index in [0.29, 0.717) is 46.6 Å². The van der Waals surface area contributed by atoms with Gasteiger partial charge in [0.25, 0.3) is 5.91 Å². The molecule has 2 aromatic carbocycles. The number of hydrogen-bond donors (Lipinski definition) is 1. The van der Waals surface area contributed by atoms with Crippen LogP contribution in [0.15, 0.2) is 53.4 Å². The lowest BCUT2D eigenvalue weighted by Crippen LogP contribution is -2.29. The Kier molecular flexibility index (Phi) is 11.5. The Morgan fingerprint density at radius 1 is 1.05 bits per heavy atom. The van der Waals surface area contributed by atoms with Crippen LogP contribution >= 0.6 is 24.0 Å². The molecule has 3 rings (SSSR count). The lowest BCUT2D eigenvalue weighted by molar-refractivity contribution is -0.122. The van der Waals surface area contributed by atoms with Crippen LogP contribution in [0.3, 0.4) is 0 Å². The van der Waals surface area contributed by atoms with Crippen molar-refractivity contribution in [2.75, 3.05) is 38.1 Å². The smallest absolute Gasteiger partial charge is 0.338 e. The molecule has 0 unspecified atom stereocenters. The van der Waals surface area contributed by atoms with E-state index in [1.165, 1.54) is 17.3 Å². The van der Waals surface area contributed by atoms with Crippen molar-refractivity contribution in [1.29, 1.82) is 0 Å². The molecule has 0 bridgehead atoms. The Balaban J connectivity index is 1.43. The molecule has 0 aromatic heterocycles. The third-order valence-electron chi connectivity index (χ3n) is 6.28. The van der Waals surface area contributed by atoms with Crippen LogP contribution in [0.4, 0.5) is 5.69 Å². The van der Waals surface area contributed by atoms with Gasteiger partial charge in [-0.05, 0) is 67.4 Å². The van der Waals surface area contributed by atoms with Gasteiger partial charge in [0.15, 0.2) is 0 Å². The van der Waals surface area contributed by atoms with E-state index in [-0.39, 0.29) is 24.2 Å². The first-order valence-corrected chi connectivity index (χ1v) is 14.2. The maximum Gasteiger partial charge on any atom is 0.338 e. The van der Waals surface area contributed by atoms with Crippen LogP contribution in [0.25, 0.3) is 6.08 Å². The number of anilines is 1. The second kappa shape index (κ2) is 14.8. The number of benzene rings is 2. The van der Waals surface area contributed by atoms with Crippen molar-refractivity contribution < 1.29 is 19.1 Å². The summed E-state index contributed by atoms with van der Waals surface area (Å²) in [7, 11) is 0. The summed E-state index contributed by atoms with van der Waals surface area (Å²) in [5.41, 5.74) is 3.23. The van der Waals surface area contributed by atoms with Crippen LogP contribution < -0.4 is 5.32 Å². The maximum absolute atomic E-state index is 12.8. The topological polar surface area (TPSA) is 79.0 Å². The monoisotopic (exact) mass is 553 g/mol. The predicted octanol–water partition coefficient (Wildman–Crippen LogP) is 5.37. The summed E-state index contributed by atoms with van der Waals surface area (Å²) in [6, 6.07) is 14.7. The van der Waals surface area contributed by atoms with Gasteiger partial charge in [0, 0.05) is 25.2 Å². The normalized spacial score (nSPS) is 14.4. The van der Waals surface area contributed by atoms with Gasteiger partial charge in [-0.25, -0.2) is 4.79 Å². The lowest BCUT2D eigenvalue weighted by Gasteiger charge is -2.17. The van der Waals surface area contributed by atoms with E-state index >= 15 is 0 Å². The SMILES string of the molecule is CCc1ccc(C=C2SC(=S)N(CCCC(=O)Nc3ccc(C(=O)OCCN(CC)CC)cc3)C2=O)cc1. The van der Waals surface area contributed by atoms with E-state index in [1.807, 2.05) is 18.2 Å². The summed E-state index contributed by atoms with van der Waals surface area (Å²) in [5, 5.41) is 2.83. The summed E-state index contributed by atoms with van der Waals surface area (Å²) in [4.78, 5) is 41.8. The van der Waals surface area contributed by atoms with Crippen LogP contribution in [-0.4, -0.2) is 64.7 Å². The molecule has 0 saturated carbocycles. The van der Waals surface area contributed by atoms with Crippen molar-refractivity contribution in [1.82, 2.24) is 9.80 Å². The molecule has 202 valence electrons. The molecule has 0 aliphatic carbocycles. The van der Waals surface area contributed by atoms with Crippen LogP contribution in [0.1, 0.15) is 55.1 Å². The standard InChI is InChI=1S/C29H35N3O4S2/c1-4-21-9-11-22(12-10-21)20-25-27(34)32(29(37)38-25)17-7-8-26(33)30-24-15-13-23(14-16-24)28(35)36-19-18-31(5-2)6-3/h9-16,20H,4-8,17-19H2,1-3H3,(H,30,33). The Bertz CT molecular complexity index is 1160. The number of nitrogens with zero attached hydrogens (tertiary/aromatic N) is 2. The molecule has 0 radical (unpaired) electrons. The molecule has 1 heterocycles. The molecule has 7 nitrogen and oxygen atoms in total. The number of carbonyl (C=O) groups is 3. The van der Waals surface area contributed by atoms with Crippen LogP contribution in [-0.2, 0) is 20.7 Å². The van der Waals surface area contributed by atoms with E-state index in [2.05, 4.69) is 43.1 Å². The Morgan fingerprint density at radius 2 is 1.74 bits per heavy atom. The van der Waals surface area contributed by atoms with Gasteiger partial charge in [-0.15, -0.1) is 0 Å². The van der Waals surface area contributed by atoms with Crippen LogP contribution in [0, 0.1) is 0 Å². The van der Waals surface area contributed by atoms with Gasteiger partial charge >= 0.3 is 5.97 Å². The number of amides is 2. The lowest BCUT2D eigenvalue weighted by atomic mass is 10.1. The fourth-order valence-corrected chi connectivity index (χ4v) is 5.20. The molecule has 0 spiro atoms. The van der Waals surface area contributed by atoms with Crippen LogP contribution in [0.2, 0.25) is 0 Å². The summed E-state index contributed by atoms with van der Waals surface area (Å²) in [6.45, 7) is 9.48. The first-order chi connectivity index (χ1) is 18.3. The average Bonchev–Trinajstić information content (AvgIpc) is 3.19. The van der Waals surface area contributed by atoms with Gasteiger partial charge in [-0.2, -0.15) is 0 Å². The summed E-state index contributed by atoms with van der Waals surface area (Å²) < 4.78 is 5.84. The molecule has 1 fully saturated rings. The van der Waals surface area contributed by atoms with Crippen molar-refractivity contribution in [3.8, 4) is 0 Å². The highest BCUT2D eigenvalue weighted by Gasteiger charge is 2.31. The number of thioether (sulfide) groups is 1. The van der Waals surface area contributed by atoms with E-state index in [0.717, 1.165) is 25.1 Å². The zero-order chi connectivity index (χ0) is 27.5.